The van der Waals surface area contributed by atoms with Crippen molar-refractivity contribution >= 4 is 21.8 Å². The molecule has 0 aromatic heterocycles. The van der Waals surface area contributed by atoms with Crippen molar-refractivity contribution in [1.29, 1.82) is 0 Å². The van der Waals surface area contributed by atoms with Gasteiger partial charge in [-0.1, -0.05) is 15.9 Å². The molecule has 98 valence electrons. The molecule has 2 atom stereocenters. The van der Waals surface area contributed by atoms with Crippen LogP contribution in [0.1, 0.15) is 29.6 Å². The molecule has 1 aliphatic rings. The van der Waals surface area contributed by atoms with Crippen molar-refractivity contribution in [3.05, 3.63) is 35.4 Å². The lowest BCUT2D eigenvalue weighted by Gasteiger charge is -2.11. The highest BCUT2D eigenvalue weighted by Gasteiger charge is 2.23. The van der Waals surface area contributed by atoms with Crippen molar-refractivity contribution in [1.82, 2.24) is 5.32 Å². The first-order chi connectivity index (χ1) is 8.54. The van der Waals surface area contributed by atoms with Crippen LogP contribution in [-0.4, -0.2) is 17.3 Å². The largest absolute Gasteiger partial charge is 0.352 e. The number of benzene rings is 1. The van der Waals surface area contributed by atoms with Gasteiger partial charge >= 0.3 is 0 Å². The smallest absolute Gasteiger partial charge is 0.251 e. The normalized spacial score (nSPS) is 23.1. The van der Waals surface area contributed by atoms with Gasteiger partial charge in [0.05, 0.1) is 0 Å². The summed E-state index contributed by atoms with van der Waals surface area (Å²) in [5.74, 6) is -1.45. The number of carbonyl (C=O) groups is 1. The van der Waals surface area contributed by atoms with Gasteiger partial charge in [-0.2, -0.15) is 0 Å². The fourth-order valence-electron chi connectivity index (χ4n) is 2.22. The first-order valence-corrected chi connectivity index (χ1v) is 6.84. The van der Waals surface area contributed by atoms with Gasteiger partial charge in [0.15, 0.2) is 0 Å². The molecule has 1 aliphatic carbocycles. The fraction of sp³-hybridized carbons (Fsp3) is 0.462. The topological polar surface area (TPSA) is 29.1 Å². The lowest BCUT2D eigenvalue weighted by Crippen LogP contribution is -2.28. The summed E-state index contributed by atoms with van der Waals surface area (Å²) in [7, 11) is 0. The van der Waals surface area contributed by atoms with Gasteiger partial charge in [-0.15, -0.1) is 0 Å². The molecule has 1 aromatic carbocycles. The number of hydrogen-bond donors (Lipinski definition) is 1. The van der Waals surface area contributed by atoms with E-state index in [1.165, 1.54) is 0 Å². The molecule has 0 aliphatic heterocycles. The summed E-state index contributed by atoms with van der Waals surface area (Å²) in [5, 5.41) is 2.72. The Morgan fingerprint density at radius 2 is 1.94 bits per heavy atom. The Morgan fingerprint density at radius 3 is 2.50 bits per heavy atom. The highest BCUT2D eigenvalue weighted by molar-refractivity contribution is 9.09. The fourth-order valence-corrected chi connectivity index (χ4v) is 3.02. The van der Waals surface area contributed by atoms with E-state index in [2.05, 4.69) is 21.2 Å². The summed E-state index contributed by atoms with van der Waals surface area (Å²) < 4.78 is 25.9. The lowest BCUT2D eigenvalue weighted by atomic mass is 10.1. The van der Waals surface area contributed by atoms with Crippen LogP contribution in [0, 0.1) is 17.6 Å². The van der Waals surface area contributed by atoms with E-state index in [9.17, 15) is 13.6 Å². The van der Waals surface area contributed by atoms with Crippen molar-refractivity contribution in [2.75, 3.05) is 6.54 Å². The molecule has 2 rings (SSSR count). The first kappa shape index (κ1) is 13.5. The third-order valence-electron chi connectivity index (χ3n) is 3.15. The van der Waals surface area contributed by atoms with E-state index in [-0.39, 0.29) is 5.56 Å². The van der Waals surface area contributed by atoms with Crippen LogP contribution >= 0.6 is 15.9 Å². The molecule has 0 heterocycles. The van der Waals surface area contributed by atoms with E-state index in [0.29, 0.717) is 17.3 Å². The van der Waals surface area contributed by atoms with E-state index in [1.807, 2.05) is 0 Å². The number of halogens is 3. The molecule has 0 radical (unpaired) electrons. The summed E-state index contributed by atoms with van der Waals surface area (Å²) in [6.45, 7) is 0.555. The van der Waals surface area contributed by atoms with Crippen molar-refractivity contribution in [2.24, 2.45) is 5.92 Å². The zero-order chi connectivity index (χ0) is 13.1. The molecule has 1 saturated carbocycles. The van der Waals surface area contributed by atoms with Gasteiger partial charge in [0.2, 0.25) is 0 Å². The maximum Gasteiger partial charge on any atom is 0.251 e. The van der Waals surface area contributed by atoms with Crippen LogP contribution in [0.5, 0.6) is 0 Å². The zero-order valence-electron chi connectivity index (χ0n) is 9.76. The maximum absolute atomic E-state index is 13.0. The Balaban J connectivity index is 1.91. The summed E-state index contributed by atoms with van der Waals surface area (Å²) in [6.07, 6.45) is 3.20. The van der Waals surface area contributed by atoms with E-state index in [1.54, 1.807) is 0 Å². The number of rotatable bonds is 3. The predicted octanol–water partition coefficient (Wildman–Crippen LogP) is 3.26. The van der Waals surface area contributed by atoms with Gasteiger partial charge in [-0.3, -0.25) is 4.79 Å². The molecule has 1 N–H and O–H groups in total. The Bertz CT molecular complexity index is 432. The minimum absolute atomic E-state index is 0.0286. The van der Waals surface area contributed by atoms with Gasteiger partial charge in [0.25, 0.3) is 5.91 Å². The molecular formula is C13H14BrF2NO. The van der Waals surface area contributed by atoms with Crippen molar-refractivity contribution in [3.8, 4) is 0 Å². The minimum atomic E-state index is -0.735. The molecule has 1 aromatic rings. The maximum atomic E-state index is 13.0. The number of nitrogens with one attached hydrogen (secondary N) is 1. The monoisotopic (exact) mass is 317 g/mol. The van der Waals surface area contributed by atoms with Gasteiger partial charge < -0.3 is 5.32 Å². The molecule has 2 nitrogen and oxygen atoms in total. The van der Waals surface area contributed by atoms with E-state index in [0.717, 1.165) is 37.5 Å². The number of hydrogen-bond acceptors (Lipinski definition) is 1. The van der Waals surface area contributed by atoms with Gasteiger partial charge in [-0.25, -0.2) is 8.78 Å². The quantitative estimate of drug-likeness (QED) is 0.852. The average Bonchev–Trinajstić information content (AvgIpc) is 2.70. The molecule has 1 amide bonds. The zero-order valence-corrected chi connectivity index (χ0v) is 11.3. The second kappa shape index (κ2) is 5.78. The third kappa shape index (κ3) is 3.51. The predicted molar refractivity (Wildman–Crippen MR) is 68.7 cm³/mol. The summed E-state index contributed by atoms with van der Waals surface area (Å²) >= 11 is 3.54. The summed E-state index contributed by atoms with van der Waals surface area (Å²) in [6, 6.07) is 2.84. The Labute approximate surface area is 113 Å². The lowest BCUT2D eigenvalue weighted by molar-refractivity contribution is 0.0946. The average molecular weight is 318 g/mol. The standard InChI is InChI=1S/C13H14BrF2NO/c14-10-2-1-8(3-10)7-17-13(18)9-4-11(15)6-12(16)5-9/h4-6,8,10H,1-3,7H2,(H,17,18). The van der Waals surface area contributed by atoms with Crippen molar-refractivity contribution in [2.45, 2.75) is 24.1 Å². The summed E-state index contributed by atoms with van der Waals surface area (Å²) in [5.41, 5.74) is 0.0286. The van der Waals surface area contributed by atoms with Crippen molar-refractivity contribution in [3.63, 3.8) is 0 Å². The highest BCUT2D eigenvalue weighted by atomic mass is 79.9. The van der Waals surface area contributed by atoms with E-state index >= 15 is 0 Å². The Kier molecular flexibility index (Phi) is 4.32. The van der Waals surface area contributed by atoms with Crippen LogP contribution in [0.15, 0.2) is 18.2 Å². The van der Waals surface area contributed by atoms with Gasteiger partial charge in [0.1, 0.15) is 11.6 Å². The van der Waals surface area contributed by atoms with Crippen LogP contribution < -0.4 is 5.32 Å². The number of carbonyl (C=O) groups excluding carboxylic acids is 1. The molecule has 1 fully saturated rings. The minimum Gasteiger partial charge on any atom is -0.352 e. The number of amides is 1. The molecule has 0 spiro atoms. The molecule has 18 heavy (non-hydrogen) atoms. The van der Waals surface area contributed by atoms with E-state index in [4.69, 9.17) is 0 Å². The van der Waals surface area contributed by atoms with Crippen LogP contribution in [0.2, 0.25) is 0 Å². The molecule has 2 unspecified atom stereocenters. The van der Waals surface area contributed by atoms with Crippen LogP contribution in [0.25, 0.3) is 0 Å². The van der Waals surface area contributed by atoms with Crippen LogP contribution in [-0.2, 0) is 0 Å². The van der Waals surface area contributed by atoms with Gasteiger partial charge in [-0.05, 0) is 37.3 Å². The third-order valence-corrected chi connectivity index (χ3v) is 3.98. The van der Waals surface area contributed by atoms with Crippen LogP contribution in [0.3, 0.4) is 0 Å². The van der Waals surface area contributed by atoms with Crippen LogP contribution in [0.4, 0.5) is 8.78 Å². The second-order valence-corrected chi connectivity index (χ2v) is 5.94. The van der Waals surface area contributed by atoms with E-state index < -0.39 is 17.5 Å². The number of alkyl halides is 1. The summed E-state index contributed by atoms with van der Waals surface area (Å²) in [4.78, 5) is 12.3. The van der Waals surface area contributed by atoms with Crippen molar-refractivity contribution < 1.29 is 13.6 Å². The Hall–Kier alpha value is -0.970. The SMILES string of the molecule is O=C(NCC1CCC(Br)C1)c1cc(F)cc(F)c1. The second-order valence-electron chi connectivity index (χ2n) is 4.64. The highest BCUT2D eigenvalue weighted by Crippen LogP contribution is 2.30. The van der Waals surface area contributed by atoms with Gasteiger partial charge in [0, 0.05) is 23.0 Å². The molecule has 5 heteroatoms. The molecule has 0 saturated heterocycles. The Morgan fingerprint density at radius 1 is 1.28 bits per heavy atom. The molecule has 0 bridgehead atoms. The molecular weight excluding hydrogens is 304 g/mol. The first-order valence-electron chi connectivity index (χ1n) is 5.93.